The predicted octanol–water partition coefficient (Wildman–Crippen LogP) is 2.32. The van der Waals surface area contributed by atoms with Crippen molar-refractivity contribution in [3.05, 3.63) is 60.8 Å². The molecule has 0 saturated heterocycles. The van der Waals surface area contributed by atoms with Crippen molar-refractivity contribution >= 4 is 34.3 Å². The third kappa shape index (κ3) is 3.30. The molecule has 2 rings (SSSR count). The van der Waals surface area contributed by atoms with Gasteiger partial charge in [-0.05, 0) is 17.5 Å². The Morgan fingerprint density at radius 1 is 1.14 bits per heavy atom. The number of non-ortho nitro benzene ring substituents is 1. The van der Waals surface area contributed by atoms with Gasteiger partial charge < -0.3 is 0 Å². The van der Waals surface area contributed by atoms with Crippen molar-refractivity contribution in [3.63, 3.8) is 0 Å². The van der Waals surface area contributed by atoms with Crippen LogP contribution in [0.25, 0.3) is 0 Å². The van der Waals surface area contributed by atoms with E-state index in [0.717, 1.165) is 18.2 Å². The Hall–Kier alpha value is -3.01. The largest absolute Gasteiger partial charge is 0.300 e. The number of nitrogens with zero attached hydrogens (tertiary/aromatic N) is 2. The van der Waals surface area contributed by atoms with E-state index in [1.54, 1.807) is 17.5 Å². The molecule has 0 fully saturated rings. The highest BCUT2D eigenvalue weighted by Gasteiger charge is 2.19. The quantitative estimate of drug-likeness (QED) is 0.644. The first-order chi connectivity index (χ1) is 9.99. The summed E-state index contributed by atoms with van der Waals surface area (Å²) in [5.74, 6) is -0.461. The van der Waals surface area contributed by atoms with E-state index in [4.69, 9.17) is 0 Å². The number of benzene rings is 1. The molecular formula is C11H8N4O5S. The van der Waals surface area contributed by atoms with Crippen molar-refractivity contribution < 1.29 is 14.6 Å². The molecule has 0 aliphatic rings. The Morgan fingerprint density at radius 3 is 2.48 bits per heavy atom. The normalized spacial score (nSPS) is 9.90. The molecule has 108 valence electrons. The average Bonchev–Trinajstić information content (AvgIpc) is 2.98. The molecule has 0 atom stereocenters. The number of amides is 1. The van der Waals surface area contributed by atoms with Crippen LogP contribution in [0.2, 0.25) is 0 Å². The van der Waals surface area contributed by atoms with Crippen molar-refractivity contribution in [3.8, 4) is 0 Å². The van der Waals surface area contributed by atoms with Gasteiger partial charge in [0.25, 0.3) is 11.6 Å². The van der Waals surface area contributed by atoms with E-state index < -0.39 is 27.1 Å². The highest BCUT2D eigenvalue weighted by atomic mass is 32.1. The maximum Gasteiger partial charge on any atom is 0.300 e. The maximum atomic E-state index is 11.7. The highest BCUT2D eigenvalue weighted by Crippen LogP contribution is 2.28. The molecule has 2 aromatic rings. The number of rotatable bonds is 5. The summed E-state index contributed by atoms with van der Waals surface area (Å²) in [6.07, 6.45) is 0. The minimum atomic E-state index is -0.771. The maximum absolute atomic E-state index is 11.7. The summed E-state index contributed by atoms with van der Waals surface area (Å²) in [7, 11) is 0. The Labute approximate surface area is 121 Å². The standard InChI is InChI=1S/C11H8N4O5S/c16-11(10-2-1-5-21-10)13-12-8-4-3-7(14(17)18)6-9(8)15(19)20/h1-6,12H,(H,13,16). The average molecular weight is 308 g/mol. The molecule has 0 radical (unpaired) electrons. The molecule has 0 unspecified atom stereocenters. The second-order valence-corrected chi connectivity index (χ2v) is 4.72. The van der Waals surface area contributed by atoms with Crippen LogP contribution in [0.3, 0.4) is 0 Å². The van der Waals surface area contributed by atoms with E-state index in [-0.39, 0.29) is 5.69 Å². The van der Waals surface area contributed by atoms with Gasteiger partial charge in [0.05, 0.1) is 20.8 Å². The first-order valence-electron chi connectivity index (χ1n) is 5.51. The molecule has 9 nitrogen and oxygen atoms in total. The third-order valence-electron chi connectivity index (χ3n) is 2.44. The predicted molar refractivity (Wildman–Crippen MR) is 75.2 cm³/mol. The Bertz CT molecular complexity index is 701. The van der Waals surface area contributed by atoms with Crippen LogP contribution in [0.4, 0.5) is 17.1 Å². The van der Waals surface area contributed by atoms with E-state index in [1.165, 1.54) is 11.3 Å². The summed E-state index contributed by atoms with van der Waals surface area (Å²) in [6.45, 7) is 0. The summed E-state index contributed by atoms with van der Waals surface area (Å²) in [5, 5.41) is 23.2. The molecule has 1 aromatic carbocycles. The SMILES string of the molecule is O=C(NNc1ccc([N+](=O)[O-])cc1[N+](=O)[O-])c1cccs1. The number of thiophene rings is 1. The van der Waals surface area contributed by atoms with E-state index in [9.17, 15) is 25.0 Å². The van der Waals surface area contributed by atoms with Crippen molar-refractivity contribution in [2.75, 3.05) is 5.43 Å². The van der Waals surface area contributed by atoms with Crippen LogP contribution >= 0.6 is 11.3 Å². The van der Waals surface area contributed by atoms with Gasteiger partial charge >= 0.3 is 5.69 Å². The fourth-order valence-electron chi connectivity index (χ4n) is 1.48. The fraction of sp³-hybridized carbons (Fsp3) is 0. The molecule has 21 heavy (non-hydrogen) atoms. The van der Waals surface area contributed by atoms with Gasteiger partial charge in [-0.1, -0.05) is 6.07 Å². The zero-order chi connectivity index (χ0) is 15.4. The minimum absolute atomic E-state index is 0.0458. The van der Waals surface area contributed by atoms with Crippen molar-refractivity contribution in [2.45, 2.75) is 0 Å². The zero-order valence-electron chi connectivity index (χ0n) is 10.3. The second kappa shape index (κ2) is 5.96. The molecular weight excluding hydrogens is 300 g/mol. The van der Waals surface area contributed by atoms with E-state index in [0.29, 0.717) is 4.88 Å². The summed E-state index contributed by atoms with van der Waals surface area (Å²) < 4.78 is 0. The van der Waals surface area contributed by atoms with Gasteiger partial charge in [-0.15, -0.1) is 11.3 Å². The zero-order valence-corrected chi connectivity index (χ0v) is 11.1. The van der Waals surface area contributed by atoms with Gasteiger partial charge in [-0.3, -0.25) is 35.9 Å². The highest BCUT2D eigenvalue weighted by molar-refractivity contribution is 7.12. The van der Waals surface area contributed by atoms with Crippen molar-refractivity contribution in [1.82, 2.24) is 5.43 Å². The van der Waals surface area contributed by atoms with Crippen LogP contribution in [0.1, 0.15) is 9.67 Å². The van der Waals surface area contributed by atoms with Gasteiger partial charge in [0, 0.05) is 6.07 Å². The molecule has 0 bridgehead atoms. The van der Waals surface area contributed by atoms with Crippen molar-refractivity contribution in [2.24, 2.45) is 0 Å². The molecule has 0 aliphatic carbocycles. The number of hydrogen-bond acceptors (Lipinski definition) is 7. The molecule has 1 aromatic heterocycles. The van der Waals surface area contributed by atoms with Crippen LogP contribution in [0, 0.1) is 20.2 Å². The first kappa shape index (κ1) is 14.4. The van der Waals surface area contributed by atoms with Crippen molar-refractivity contribution in [1.29, 1.82) is 0 Å². The number of carbonyl (C=O) groups excluding carboxylic acids is 1. The van der Waals surface area contributed by atoms with Crippen LogP contribution in [-0.2, 0) is 0 Å². The molecule has 1 amide bonds. The molecule has 0 aliphatic heterocycles. The van der Waals surface area contributed by atoms with Gasteiger partial charge in [0.1, 0.15) is 5.69 Å². The topological polar surface area (TPSA) is 127 Å². The minimum Gasteiger partial charge on any atom is -0.292 e. The second-order valence-electron chi connectivity index (χ2n) is 3.77. The van der Waals surface area contributed by atoms with Crippen LogP contribution in [-0.4, -0.2) is 15.8 Å². The third-order valence-corrected chi connectivity index (χ3v) is 3.31. The summed E-state index contributed by atoms with van der Waals surface area (Å²) >= 11 is 1.21. The van der Waals surface area contributed by atoms with Crippen LogP contribution in [0.15, 0.2) is 35.7 Å². The lowest BCUT2D eigenvalue weighted by Crippen LogP contribution is -2.29. The van der Waals surface area contributed by atoms with E-state index in [2.05, 4.69) is 10.9 Å². The number of hydrogen-bond donors (Lipinski definition) is 2. The van der Waals surface area contributed by atoms with Gasteiger partial charge in [0.2, 0.25) is 0 Å². The van der Waals surface area contributed by atoms with Gasteiger partial charge in [-0.2, -0.15) is 0 Å². The van der Waals surface area contributed by atoms with Crippen LogP contribution < -0.4 is 10.9 Å². The molecule has 1 heterocycles. The number of carbonyl (C=O) groups is 1. The lowest BCUT2D eigenvalue weighted by atomic mass is 10.2. The summed E-state index contributed by atoms with van der Waals surface area (Å²) in [5.41, 5.74) is 3.73. The lowest BCUT2D eigenvalue weighted by molar-refractivity contribution is -0.393. The number of nitro groups is 2. The monoisotopic (exact) mass is 308 g/mol. The number of anilines is 1. The fourth-order valence-corrected chi connectivity index (χ4v) is 2.10. The summed E-state index contributed by atoms with van der Waals surface area (Å²) in [4.78, 5) is 32.1. The smallest absolute Gasteiger partial charge is 0.292 e. The van der Waals surface area contributed by atoms with E-state index >= 15 is 0 Å². The lowest BCUT2D eigenvalue weighted by Gasteiger charge is -2.07. The first-order valence-corrected chi connectivity index (χ1v) is 6.39. The molecule has 2 N–H and O–H groups in total. The Kier molecular flexibility index (Phi) is 4.09. The molecule has 0 saturated carbocycles. The van der Waals surface area contributed by atoms with Crippen LogP contribution in [0.5, 0.6) is 0 Å². The number of hydrazine groups is 1. The number of nitro benzene ring substituents is 2. The Balaban J connectivity index is 2.18. The molecule has 10 heteroatoms. The van der Waals surface area contributed by atoms with Gasteiger partial charge in [0.15, 0.2) is 0 Å². The Morgan fingerprint density at radius 2 is 1.90 bits per heavy atom. The number of nitrogens with one attached hydrogen (secondary N) is 2. The van der Waals surface area contributed by atoms with E-state index in [1.807, 2.05) is 0 Å². The molecule has 0 spiro atoms. The van der Waals surface area contributed by atoms with Gasteiger partial charge in [-0.25, -0.2) is 0 Å². The summed E-state index contributed by atoms with van der Waals surface area (Å²) in [6, 6.07) is 6.36.